The molecule has 0 saturated carbocycles. The molecule has 1 aromatic carbocycles. The molecule has 0 saturated heterocycles. The smallest absolute Gasteiger partial charge is 0.135 e. The molecule has 154 valence electrons. The third kappa shape index (κ3) is 3.12. The Morgan fingerprint density at radius 1 is 0.750 bits per heavy atom. The number of hydrogen-bond donors (Lipinski definition) is 0. The molecule has 32 heavy (non-hydrogen) atoms. The zero-order chi connectivity index (χ0) is 21.5. The first-order valence-electron chi connectivity index (χ1n) is 10.9. The number of allylic oxidation sites excluding steroid dienone is 2. The predicted octanol–water partition coefficient (Wildman–Crippen LogP) is 6.24. The predicted molar refractivity (Wildman–Crippen MR) is 129 cm³/mol. The van der Waals surface area contributed by atoms with Crippen LogP contribution in [0.4, 0.5) is 11.5 Å². The van der Waals surface area contributed by atoms with E-state index >= 15 is 0 Å². The zero-order valence-corrected chi connectivity index (χ0v) is 17.8. The highest BCUT2D eigenvalue weighted by atomic mass is 15.2. The van der Waals surface area contributed by atoms with E-state index in [-0.39, 0.29) is 6.04 Å². The van der Waals surface area contributed by atoms with Crippen molar-refractivity contribution in [3.63, 3.8) is 0 Å². The van der Waals surface area contributed by atoms with Crippen molar-refractivity contribution in [3.8, 4) is 22.6 Å². The number of anilines is 2. The minimum absolute atomic E-state index is 0.194. The van der Waals surface area contributed by atoms with Gasteiger partial charge in [0.2, 0.25) is 0 Å². The molecule has 2 atom stereocenters. The van der Waals surface area contributed by atoms with Crippen LogP contribution in [0.3, 0.4) is 0 Å². The van der Waals surface area contributed by atoms with E-state index in [4.69, 9.17) is 4.98 Å². The summed E-state index contributed by atoms with van der Waals surface area (Å²) < 4.78 is 0. The number of aromatic nitrogens is 3. The summed E-state index contributed by atoms with van der Waals surface area (Å²) in [5, 5.41) is 0. The van der Waals surface area contributed by atoms with Gasteiger partial charge in [-0.3, -0.25) is 9.97 Å². The second-order valence-electron chi connectivity index (χ2n) is 8.25. The molecule has 3 aromatic heterocycles. The number of nitrogens with zero attached hydrogens (tertiary/aromatic N) is 4. The van der Waals surface area contributed by atoms with Crippen molar-refractivity contribution >= 4 is 11.5 Å². The molecule has 0 amide bonds. The molecule has 0 bridgehead atoms. The highest BCUT2D eigenvalue weighted by Gasteiger charge is 2.38. The Labute approximate surface area is 187 Å². The summed E-state index contributed by atoms with van der Waals surface area (Å²) in [4.78, 5) is 16.6. The van der Waals surface area contributed by atoms with Gasteiger partial charge in [0.1, 0.15) is 5.82 Å². The average Bonchev–Trinajstić information content (AvgIpc) is 3.18. The van der Waals surface area contributed by atoms with Crippen LogP contribution in [-0.4, -0.2) is 21.0 Å². The molecular weight excluding hydrogens is 392 g/mol. The lowest BCUT2D eigenvalue weighted by Gasteiger charge is -2.28. The zero-order valence-electron chi connectivity index (χ0n) is 17.8. The molecule has 0 radical (unpaired) electrons. The Morgan fingerprint density at radius 3 is 2.31 bits per heavy atom. The Balaban J connectivity index is 1.57. The third-order valence-electron chi connectivity index (χ3n) is 6.15. The molecule has 0 spiro atoms. The molecule has 2 aliphatic rings. The highest BCUT2D eigenvalue weighted by molar-refractivity contribution is 5.78. The van der Waals surface area contributed by atoms with E-state index in [9.17, 15) is 0 Å². The van der Waals surface area contributed by atoms with Gasteiger partial charge in [-0.15, -0.1) is 0 Å². The van der Waals surface area contributed by atoms with Crippen molar-refractivity contribution in [3.05, 3.63) is 115 Å². The second kappa shape index (κ2) is 7.57. The molecular formula is C28H22N4. The first kappa shape index (κ1) is 18.7. The fourth-order valence-electron chi connectivity index (χ4n) is 4.69. The highest BCUT2D eigenvalue weighted by Crippen LogP contribution is 2.48. The van der Waals surface area contributed by atoms with Gasteiger partial charge in [0, 0.05) is 29.6 Å². The van der Waals surface area contributed by atoms with Gasteiger partial charge in [-0.2, -0.15) is 0 Å². The molecule has 0 N–H and O–H groups in total. The van der Waals surface area contributed by atoms with Crippen LogP contribution >= 0.6 is 0 Å². The van der Waals surface area contributed by atoms with Crippen molar-refractivity contribution in [2.24, 2.45) is 0 Å². The number of hydrogen-bond acceptors (Lipinski definition) is 4. The first-order chi connectivity index (χ1) is 15.8. The summed E-state index contributed by atoms with van der Waals surface area (Å²) >= 11 is 0. The van der Waals surface area contributed by atoms with Crippen LogP contribution in [-0.2, 0) is 0 Å². The molecule has 4 aromatic rings. The average molecular weight is 415 g/mol. The van der Waals surface area contributed by atoms with Crippen LogP contribution < -0.4 is 4.90 Å². The van der Waals surface area contributed by atoms with Crippen LogP contribution in [0.1, 0.15) is 17.0 Å². The van der Waals surface area contributed by atoms with E-state index in [1.54, 1.807) is 0 Å². The van der Waals surface area contributed by atoms with Gasteiger partial charge in [-0.1, -0.05) is 54.1 Å². The molecule has 4 heteroatoms. The van der Waals surface area contributed by atoms with E-state index in [0.29, 0.717) is 5.92 Å². The van der Waals surface area contributed by atoms with Gasteiger partial charge in [0.25, 0.3) is 0 Å². The summed E-state index contributed by atoms with van der Waals surface area (Å²) in [5.74, 6) is 1.22. The summed E-state index contributed by atoms with van der Waals surface area (Å²) in [6.45, 7) is 2.15. The number of aryl methyl sites for hydroxylation is 1. The number of benzene rings is 1. The maximum Gasteiger partial charge on any atom is 0.135 e. The molecule has 6 rings (SSSR count). The Kier molecular flexibility index (Phi) is 4.43. The summed E-state index contributed by atoms with van der Waals surface area (Å²) in [7, 11) is 0. The minimum atomic E-state index is 0.194. The quantitative estimate of drug-likeness (QED) is 0.398. The summed E-state index contributed by atoms with van der Waals surface area (Å²) in [5.41, 5.74) is 7.48. The lowest BCUT2D eigenvalue weighted by atomic mass is 9.91. The van der Waals surface area contributed by atoms with Crippen LogP contribution in [0.2, 0.25) is 0 Å². The lowest BCUT2D eigenvalue weighted by molar-refractivity contribution is 0.738. The first-order valence-corrected chi connectivity index (χ1v) is 10.9. The van der Waals surface area contributed by atoms with Gasteiger partial charge in [0.15, 0.2) is 0 Å². The maximum atomic E-state index is 5.10. The third-order valence-corrected chi connectivity index (χ3v) is 6.15. The van der Waals surface area contributed by atoms with Crippen LogP contribution in [0.25, 0.3) is 22.6 Å². The molecule has 4 nitrogen and oxygen atoms in total. The normalized spacial score (nSPS) is 18.5. The van der Waals surface area contributed by atoms with Crippen molar-refractivity contribution in [2.45, 2.75) is 18.9 Å². The molecule has 2 unspecified atom stereocenters. The molecule has 1 aliphatic heterocycles. The van der Waals surface area contributed by atoms with E-state index in [1.165, 1.54) is 16.8 Å². The van der Waals surface area contributed by atoms with Crippen LogP contribution in [0.15, 0.2) is 103 Å². The van der Waals surface area contributed by atoms with Gasteiger partial charge in [-0.05, 0) is 55.0 Å². The van der Waals surface area contributed by atoms with Crippen molar-refractivity contribution < 1.29 is 0 Å². The van der Waals surface area contributed by atoms with Crippen LogP contribution in [0.5, 0.6) is 0 Å². The van der Waals surface area contributed by atoms with E-state index in [1.807, 2.05) is 48.8 Å². The Morgan fingerprint density at radius 2 is 1.53 bits per heavy atom. The van der Waals surface area contributed by atoms with E-state index in [0.717, 1.165) is 28.5 Å². The second-order valence-corrected chi connectivity index (χ2v) is 8.25. The fourth-order valence-corrected chi connectivity index (χ4v) is 4.69. The van der Waals surface area contributed by atoms with Crippen molar-refractivity contribution in [1.82, 2.24) is 15.0 Å². The van der Waals surface area contributed by atoms with Gasteiger partial charge >= 0.3 is 0 Å². The van der Waals surface area contributed by atoms with E-state index in [2.05, 4.69) is 76.4 Å². The van der Waals surface area contributed by atoms with Gasteiger partial charge in [0.05, 0.1) is 23.1 Å². The van der Waals surface area contributed by atoms with Crippen molar-refractivity contribution in [2.75, 3.05) is 4.90 Å². The van der Waals surface area contributed by atoms with Gasteiger partial charge in [-0.25, -0.2) is 4.98 Å². The standard InChI is InChI=1S/C28H22N4/c1-19-12-13-27-22(16-19)21-8-2-3-11-26(21)32(27)28-18-20(23-9-4-6-14-29-23)17-25(31-28)24-10-5-7-15-30-24/h2-18,21,26H,1H3. The maximum absolute atomic E-state index is 5.10. The largest absolute Gasteiger partial charge is 0.318 e. The topological polar surface area (TPSA) is 41.9 Å². The van der Waals surface area contributed by atoms with Crippen LogP contribution in [0, 0.1) is 6.92 Å². The number of pyridine rings is 3. The van der Waals surface area contributed by atoms with Gasteiger partial charge < -0.3 is 4.90 Å². The fraction of sp³-hybridized carbons (Fsp3) is 0.107. The summed E-state index contributed by atoms with van der Waals surface area (Å²) in [6, 6.07) is 23.0. The number of rotatable bonds is 3. The Bertz CT molecular complexity index is 1280. The molecule has 4 heterocycles. The SMILES string of the molecule is Cc1ccc2c(c1)C1C=CC=CC1N2c1cc(-c2ccccn2)cc(-c2ccccn2)n1. The lowest BCUT2D eigenvalue weighted by Crippen LogP contribution is -2.29. The Hall–Kier alpha value is -4.05. The minimum Gasteiger partial charge on any atom is -0.318 e. The molecule has 1 aliphatic carbocycles. The molecule has 0 fully saturated rings. The van der Waals surface area contributed by atoms with Crippen molar-refractivity contribution in [1.29, 1.82) is 0 Å². The summed E-state index contributed by atoms with van der Waals surface area (Å²) in [6.07, 6.45) is 12.5. The van der Waals surface area contributed by atoms with E-state index < -0.39 is 0 Å². The number of fused-ring (bicyclic) bond motifs is 3. The monoisotopic (exact) mass is 414 g/mol.